The number of rotatable bonds is 6. The van der Waals surface area contributed by atoms with Crippen LogP contribution in [0, 0.1) is 30.9 Å². The molecular formula is C15H20N4O2. The van der Waals surface area contributed by atoms with Gasteiger partial charge in [0.25, 0.3) is 5.69 Å². The van der Waals surface area contributed by atoms with Crippen LogP contribution in [0.5, 0.6) is 0 Å². The van der Waals surface area contributed by atoms with Crippen molar-refractivity contribution in [1.82, 2.24) is 9.78 Å². The Hall–Kier alpha value is -2.37. The summed E-state index contributed by atoms with van der Waals surface area (Å²) in [6.07, 6.45) is 0.942. The van der Waals surface area contributed by atoms with Crippen molar-refractivity contribution < 1.29 is 4.92 Å². The Kier molecular flexibility index (Phi) is 4.57. The molecule has 1 N–H and O–H groups in total. The molecule has 1 heterocycles. The van der Waals surface area contributed by atoms with Crippen LogP contribution in [0.15, 0.2) is 24.3 Å². The predicted octanol–water partition coefficient (Wildman–Crippen LogP) is 3.22. The standard InChI is InChI=1S/C15H20N4O2/c1-11-9-14(5-6-15(11)19(20)21)16-7-4-8-18-13(3)10-12(2)17-18/h5-6,9-10,16H,4,7-8H2,1-3H3. The van der Waals surface area contributed by atoms with Crippen molar-refractivity contribution in [3.63, 3.8) is 0 Å². The smallest absolute Gasteiger partial charge is 0.272 e. The number of benzene rings is 1. The van der Waals surface area contributed by atoms with Gasteiger partial charge < -0.3 is 5.32 Å². The Balaban J connectivity index is 1.85. The Bertz CT molecular complexity index is 649. The number of hydrogen-bond donors (Lipinski definition) is 1. The minimum atomic E-state index is -0.359. The van der Waals surface area contributed by atoms with Crippen LogP contribution in [0.25, 0.3) is 0 Å². The van der Waals surface area contributed by atoms with Gasteiger partial charge in [0, 0.05) is 36.1 Å². The van der Waals surface area contributed by atoms with Gasteiger partial charge in [-0.05, 0) is 45.4 Å². The van der Waals surface area contributed by atoms with Gasteiger partial charge >= 0.3 is 0 Å². The van der Waals surface area contributed by atoms with Crippen molar-refractivity contribution in [3.8, 4) is 0 Å². The maximum atomic E-state index is 10.8. The van der Waals surface area contributed by atoms with Crippen LogP contribution in [0.4, 0.5) is 11.4 Å². The summed E-state index contributed by atoms with van der Waals surface area (Å²) in [7, 11) is 0. The molecule has 0 aliphatic carbocycles. The molecule has 0 spiro atoms. The van der Waals surface area contributed by atoms with Crippen molar-refractivity contribution in [2.75, 3.05) is 11.9 Å². The molecule has 2 aromatic rings. The second kappa shape index (κ2) is 6.39. The quantitative estimate of drug-likeness (QED) is 0.503. The number of nitro groups is 1. The lowest BCUT2D eigenvalue weighted by atomic mass is 10.2. The molecule has 0 aliphatic heterocycles. The minimum absolute atomic E-state index is 0.156. The fourth-order valence-corrected chi connectivity index (χ4v) is 2.33. The molecular weight excluding hydrogens is 268 g/mol. The first-order chi connectivity index (χ1) is 9.97. The van der Waals surface area contributed by atoms with E-state index in [1.165, 1.54) is 5.69 Å². The second-order valence-electron chi connectivity index (χ2n) is 5.19. The fraction of sp³-hybridized carbons (Fsp3) is 0.400. The molecule has 6 nitrogen and oxygen atoms in total. The monoisotopic (exact) mass is 288 g/mol. The van der Waals surface area contributed by atoms with Crippen molar-refractivity contribution in [1.29, 1.82) is 0 Å². The van der Waals surface area contributed by atoms with E-state index in [-0.39, 0.29) is 10.6 Å². The molecule has 1 aromatic carbocycles. The number of nitro benzene ring substituents is 1. The maximum absolute atomic E-state index is 10.8. The third kappa shape index (κ3) is 3.81. The SMILES string of the molecule is Cc1cc(C)n(CCCNc2ccc([N+](=O)[O-])c(C)c2)n1. The van der Waals surface area contributed by atoms with Crippen molar-refractivity contribution in [2.24, 2.45) is 0 Å². The summed E-state index contributed by atoms with van der Waals surface area (Å²) in [5.41, 5.74) is 3.93. The van der Waals surface area contributed by atoms with Crippen LogP contribution in [0.2, 0.25) is 0 Å². The van der Waals surface area contributed by atoms with Gasteiger partial charge in [-0.3, -0.25) is 14.8 Å². The highest BCUT2D eigenvalue weighted by atomic mass is 16.6. The largest absolute Gasteiger partial charge is 0.385 e. The number of aryl methyl sites for hydroxylation is 4. The molecule has 21 heavy (non-hydrogen) atoms. The molecule has 2 rings (SSSR count). The van der Waals surface area contributed by atoms with E-state index < -0.39 is 0 Å². The number of anilines is 1. The van der Waals surface area contributed by atoms with Crippen LogP contribution in [-0.4, -0.2) is 21.2 Å². The third-order valence-electron chi connectivity index (χ3n) is 3.37. The number of nitrogens with one attached hydrogen (secondary N) is 1. The van der Waals surface area contributed by atoms with Gasteiger partial charge in [0.2, 0.25) is 0 Å². The Morgan fingerprint density at radius 3 is 2.62 bits per heavy atom. The highest BCUT2D eigenvalue weighted by Crippen LogP contribution is 2.21. The van der Waals surface area contributed by atoms with E-state index in [0.29, 0.717) is 5.56 Å². The van der Waals surface area contributed by atoms with Crippen molar-refractivity contribution in [2.45, 2.75) is 33.7 Å². The summed E-state index contributed by atoms with van der Waals surface area (Å²) < 4.78 is 2.00. The lowest BCUT2D eigenvalue weighted by Gasteiger charge is -2.08. The summed E-state index contributed by atoms with van der Waals surface area (Å²) >= 11 is 0. The molecule has 6 heteroatoms. The molecule has 0 bridgehead atoms. The molecule has 0 saturated heterocycles. The molecule has 0 aliphatic rings. The topological polar surface area (TPSA) is 73.0 Å². The average molecular weight is 288 g/mol. The zero-order valence-corrected chi connectivity index (χ0v) is 12.6. The van der Waals surface area contributed by atoms with Crippen molar-refractivity contribution in [3.05, 3.63) is 51.3 Å². The van der Waals surface area contributed by atoms with Gasteiger partial charge in [0.15, 0.2) is 0 Å². The fourth-order valence-electron chi connectivity index (χ4n) is 2.33. The molecule has 0 saturated carbocycles. The number of nitrogens with zero attached hydrogens (tertiary/aromatic N) is 3. The second-order valence-corrected chi connectivity index (χ2v) is 5.19. The van der Waals surface area contributed by atoms with Gasteiger partial charge in [-0.15, -0.1) is 0 Å². The predicted molar refractivity (Wildman–Crippen MR) is 82.6 cm³/mol. The summed E-state index contributed by atoms with van der Waals surface area (Å²) in [6.45, 7) is 7.45. The highest BCUT2D eigenvalue weighted by Gasteiger charge is 2.09. The number of hydrogen-bond acceptors (Lipinski definition) is 4. The van der Waals surface area contributed by atoms with Crippen LogP contribution in [-0.2, 0) is 6.54 Å². The first-order valence-corrected chi connectivity index (χ1v) is 6.97. The lowest BCUT2D eigenvalue weighted by molar-refractivity contribution is -0.385. The van der Waals surface area contributed by atoms with E-state index in [1.54, 1.807) is 25.1 Å². The van der Waals surface area contributed by atoms with E-state index in [9.17, 15) is 10.1 Å². The number of aromatic nitrogens is 2. The van der Waals surface area contributed by atoms with Gasteiger partial charge in [-0.1, -0.05) is 0 Å². The Morgan fingerprint density at radius 1 is 1.29 bits per heavy atom. The Labute approximate surface area is 123 Å². The third-order valence-corrected chi connectivity index (χ3v) is 3.37. The summed E-state index contributed by atoms with van der Waals surface area (Å²) in [5, 5.41) is 18.5. The van der Waals surface area contributed by atoms with Gasteiger partial charge in [0.1, 0.15) is 0 Å². The summed E-state index contributed by atoms with van der Waals surface area (Å²) in [4.78, 5) is 10.4. The van der Waals surface area contributed by atoms with Crippen LogP contribution in [0.1, 0.15) is 23.4 Å². The van der Waals surface area contributed by atoms with Gasteiger partial charge in [-0.25, -0.2) is 0 Å². The zero-order valence-electron chi connectivity index (χ0n) is 12.6. The van der Waals surface area contributed by atoms with E-state index in [4.69, 9.17) is 0 Å². The summed E-state index contributed by atoms with van der Waals surface area (Å²) in [6, 6.07) is 7.15. The molecule has 0 fully saturated rings. The molecule has 0 unspecified atom stereocenters. The van der Waals surface area contributed by atoms with E-state index in [2.05, 4.69) is 16.5 Å². The lowest BCUT2D eigenvalue weighted by Crippen LogP contribution is -2.09. The molecule has 1 aromatic heterocycles. The zero-order chi connectivity index (χ0) is 15.4. The molecule has 0 atom stereocenters. The first-order valence-electron chi connectivity index (χ1n) is 6.97. The highest BCUT2D eigenvalue weighted by molar-refractivity contribution is 5.53. The average Bonchev–Trinajstić information content (AvgIpc) is 2.73. The van der Waals surface area contributed by atoms with Crippen LogP contribution >= 0.6 is 0 Å². The Morgan fingerprint density at radius 2 is 2.05 bits per heavy atom. The maximum Gasteiger partial charge on any atom is 0.272 e. The van der Waals surface area contributed by atoms with Gasteiger partial charge in [0.05, 0.1) is 10.6 Å². The minimum Gasteiger partial charge on any atom is -0.385 e. The van der Waals surface area contributed by atoms with Gasteiger partial charge in [-0.2, -0.15) is 5.10 Å². The normalized spacial score (nSPS) is 10.6. The van der Waals surface area contributed by atoms with Crippen molar-refractivity contribution >= 4 is 11.4 Å². The first kappa shape index (κ1) is 15.0. The molecule has 0 radical (unpaired) electrons. The van der Waals surface area contributed by atoms with Crippen LogP contribution in [0.3, 0.4) is 0 Å². The van der Waals surface area contributed by atoms with Crippen LogP contribution < -0.4 is 5.32 Å². The molecule has 0 amide bonds. The summed E-state index contributed by atoms with van der Waals surface area (Å²) in [5.74, 6) is 0. The van der Waals surface area contributed by atoms with E-state index in [0.717, 1.165) is 30.9 Å². The van der Waals surface area contributed by atoms with E-state index >= 15 is 0 Å². The van der Waals surface area contributed by atoms with E-state index in [1.807, 2.05) is 18.5 Å². The molecule has 112 valence electrons.